The molecule has 0 radical (unpaired) electrons. The number of nitrogens with two attached hydrogens (primary N) is 1. The van der Waals surface area contributed by atoms with Gasteiger partial charge in [0.1, 0.15) is 29.3 Å². The van der Waals surface area contributed by atoms with Crippen LogP contribution in [0.2, 0.25) is 0 Å². The minimum absolute atomic E-state index is 0.0959. The molecule has 3 aromatic carbocycles. The summed E-state index contributed by atoms with van der Waals surface area (Å²) >= 11 is 0. The number of carbonyl (C=O) groups is 5. The molecule has 1 unspecified atom stereocenters. The van der Waals surface area contributed by atoms with Crippen molar-refractivity contribution in [3.8, 4) is 11.3 Å². The number of nitrogens with zero attached hydrogens (tertiary/aromatic N) is 8. The Morgan fingerprint density at radius 3 is 2.13 bits per heavy atom. The quantitative estimate of drug-likeness (QED) is 0.134. The molecule has 0 saturated carbocycles. The zero-order valence-corrected chi connectivity index (χ0v) is 37.9. The molecule has 4 fully saturated rings. The number of benzene rings is 3. The molecule has 352 valence electrons. The summed E-state index contributed by atoms with van der Waals surface area (Å²) in [5.41, 5.74) is 10.8. The zero-order valence-electron chi connectivity index (χ0n) is 37.9. The Balaban J connectivity index is 0.676. The lowest BCUT2D eigenvalue weighted by Crippen LogP contribution is -2.54. The fourth-order valence-electron chi connectivity index (χ4n) is 10.7. The Bertz CT molecular complexity index is 2690. The number of anilines is 3. The van der Waals surface area contributed by atoms with Gasteiger partial charge in [-0.25, -0.2) is 14.4 Å². The molecule has 17 heteroatoms. The normalized spacial score (nSPS) is 20.7. The summed E-state index contributed by atoms with van der Waals surface area (Å²) in [5.74, 6) is -2.12. The van der Waals surface area contributed by atoms with Gasteiger partial charge in [0.25, 0.3) is 11.8 Å². The highest BCUT2D eigenvalue weighted by atomic mass is 19.1. The van der Waals surface area contributed by atoms with Gasteiger partial charge in [-0.15, -0.1) is 0 Å². The lowest BCUT2D eigenvalue weighted by molar-refractivity contribution is -0.136. The Morgan fingerprint density at radius 2 is 1.44 bits per heavy atom. The van der Waals surface area contributed by atoms with Gasteiger partial charge in [0.05, 0.1) is 35.3 Å². The van der Waals surface area contributed by atoms with Crippen molar-refractivity contribution < 1.29 is 28.4 Å². The van der Waals surface area contributed by atoms with Crippen molar-refractivity contribution in [2.75, 3.05) is 68.3 Å². The van der Waals surface area contributed by atoms with Crippen LogP contribution in [-0.4, -0.2) is 122 Å². The number of nitrogens with one attached hydrogen (secondary N) is 2. The number of rotatable bonds is 12. The lowest BCUT2D eigenvalue weighted by atomic mass is 9.91. The highest BCUT2D eigenvalue weighted by Crippen LogP contribution is 2.35. The Kier molecular flexibility index (Phi) is 12.8. The summed E-state index contributed by atoms with van der Waals surface area (Å²) in [4.78, 5) is 82.5. The second-order valence-electron chi connectivity index (χ2n) is 19.0. The molecule has 5 aliphatic heterocycles. The summed E-state index contributed by atoms with van der Waals surface area (Å²) in [6.45, 7) is 8.22. The molecule has 2 aromatic heterocycles. The Labute approximate surface area is 394 Å². The number of likely N-dealkylation sites (tertiary alicyclic amines) is 2. The van der Waals surface area contributed by atoms with Crippen molar-refractivity contribution in [3.63, 3.8) is 0 Å². The van der Waals surface area contributed by atoms with Crippen LogP contribution in [0, 0.1) is 17.7 Å². The first-order chi connectivity index (χ1) is 33.0. The number of carbonyl (C=O) groups excluding carboxylic acids is 5. The van der Waals surface area contributed by atoms with E-state index in [1.54, 1.807) is 24.5 Å². The first kappa shape index (κ1) is 45.0. The van der Waals surface area contributed by atoms with E-state index < -0.39 is 35.5 Å². The number of nitrogen functional groups attached to an aromatic ring is 1. The third kappa shape index (κ3) is 9.49. The van der Waals surface area contributed by atoms with Crippen molar-refractivity contribution in [2.24, 2.45) is 11.8 Å². The molecule has 5 amide bonds. The van der Waals surface area contributed by atoms with Crippen LogP contribution in [0.5, 0.6) is 0 Å². The highest BCUT2D eigenvalue weighted by molar-refractivity contribution is 6.23. The fraction of sp³-hybridized carbons (Fsp3) is 0.412. The van der Waals surface area contributed by atoms with Gasteiger partial charge in [0, 0.05) is 68.8 Å². The number of hydrogen-bond donors (Lipinski definition) is 3. The number of halogens is 1. The number of fused-ring (bicyclic) bond motifs is 1. The fourth-order valence-corrected chi connectivity index (χ4v) is 10.7. The molecule has 10 rings (SSSR count). The van der Waals surface area contributed by atoms with Gasteiger partial charge in [-0.2, -0.15) is 5.10 Å². The van der Waals surface area contributed by atoms with Crippen molar-refractivity contribution in [2.45, 2.75) is 69.4 Å². The molecule has 5 aliphatic rings. The molecule has 4 saturated heterocycles. The summed E-state index contributed by atoms with van der Waals surface area (Å²) in [5, 5.41) is 9.91. The monoisotopic (exact) mass is 921 g/mol. The van der Waals surface area contributed by atoms with Crippen LogP contribution < -0.4 is 21.3 Å². The van der Waals surface area contributed by atoms with E-state index in [2.05, 4.69) is 30.3 Å². The van der Waals surface area contributed by atoms with Crippen LogP contribution in [0.25, 0.3) is 11.3 Å². The largest absolute Gasteiger partial charge is 0.382 e. The van der Waals surface area contributed by atoms with Crippen LogP contribution in [0.4, 0.5) is 21.6 Å². The average molecular weight is 922 g/mol. The molecule has 0 spiro atoms. The number of amides is 5. The van der Waals surface area contributed by atoms with Crippen LogP contribution in [0.3, 0.4) is 0 Å². The van der Waals surface area contributed by atoms with E-state index in [-0.39, 0.29) is 36.5 Å². The van der Waals surface area contributed by atoms with Crippen molar-refractivity contribution in [1.29, 1.82) is 0 Å². The maximum atomic E-state index is 13.8. The van der Waals surface area contributed by atoms with E-state index in [0.29, 0.717) is 45.6 Å². The second-order valence-corrected chi connectivity index (χ2v) is 19.0. The predicted molar refractivity (Wildman–Crippen MR) is 253 cm³/mol. The van der Waals surface area contributed by atoms with Crippen molar-refractivity contribution in [3.05, 3.63) is 120 Å². The molecule has 16 nitrogen and oxygen atoms in total. The molecule has 0 bridgehead atoms. The van der Waals surface area contributed by atoms with Crippen LogP contribution in [0.1, 0.15) is 95.3 Å². The van der Waals surface area contributed by atoms with Gasteiger partial charge in [-0.1, -0.05) is 30.3 Å². The van der Waals surface area contributed by atoms with Gasteiger partial charge in [0.15, 0.2) is 0 Å². The van der Waals surface area contributed by atoms with Gasteiger partial charge >= 0.3 is 0 Å². The maximum Gasteiger partial charge on any atom is 0.262 e. The van der Waals surface area contributed by atoms with E-state index in [4.69, 9.17) is 15.8 Å². The Hall–Kier alpha value is -6.85. The van der Waals surface area contributed by atoms with Crippen LogP contribution in [-0.2, 0) is 14.4 Å². The first-order valence-electron chi connectivity index (χ1n) is 23.9. The van der Waals surface area contributed by atoms with E-state index in [1.165, 1.54) is 37.1 Å². The van der Waals surface area contributed by atoms with Crippen molar-refractivity contribution in [1.82, 2.24) is 39.8 Å². The molecule has 0 aliphatic carbocycles. The van der Waals surface area contributed by atoms with Crippen molar-refractivity contribution >= 4 is 46.7 Å². The minimum atomic E-state index is -0.968. The lowest BCUT2D eigenvalue weighted by Gasteiger charge is -2.40. The molecule has 5 aromatic rings. The average Bonchev–Trinajstić information content (AvgIpc) is 3.94. The number of piperidine rings is 4. The second kappa shape index (κ2) is 19.4. The third-order valence-electron chi connectivity index (χ3n) is 14.6. The summed E-state index contributed by atoms with van der Waals surface area (Å²) in [6.07, 6.45) is 12.2. The maximum absolute atomic E-state index is 13.8. The highest BCUT2D eigenvalue weighted by Gasteiger charge is 2.45. The zero-order chi connectivity index (χ0) is 46.9. The van der Waals surface area contributed by atoms with Crippen LogP contribution >= 0.6 is 0 Å². The molecule has 7 heterocycles. The van der Waals surface area contributed by atoms with Gasteiger partial charge in [-0.05, 0) is 118 Å². The third-order valence-corrected chi connectivity index (χ3v) is 14.6. The topological polar surface area (TPSA) is 192 Å². The van der Waals surface area contributed by atoms with Crippen LogP contribution in [0.15, 0.2) is 91.4 Å². The van der Waals surface area contributed by atoms with E-state index in [1.807, 2.05) is 47.3 Å². The van der Waals surface area contributed by atoms with Gasteiger partial charge < -0.3 is 25.8 Å². The summed E-state index contributed by atoms with van der Waals surface area (Å²) in [7, 11) is 0. The van der Waals surface area contributed by atoms with E-state index in [0.717, 1.165) is 94.2 Å². The first-order valence-corrected chi connectivity index (χ1v) is 23.9. The SMILES string of the molecule is Nc1ncc(-c2cnn(C3CCN(CC4CCN(CC5CCN(c6ccc7c(c6)C(=O)N(C6CCC(=O)NC6=O)C7=O)CC5)CC4)CC3)c2)nc1[C@H](C(=O)Nc1ccc(F)cc1)c1ccccc1. The summed E-state index contributed by atoms with van der Waals surface area (Å²) < 4.78 is 15.6. The van der Waals surface area contributed by atoms with Gasteiger partial charge in [0.2, 0.25) is 17.7 Å². The van der Waals surface area contributed by atoms with E-state index >= 15 is 0 Å². The standard InChI is InChI=1S/C51H56FN11O5/c52-36-6-8-37(9-7-36)56-49(66)45(34-4-2-1-3-5-34)46-47(53)54-28-42(57-46)35-27-55-62(31-35)38-18-22-60(23-19-38)29-32-14-20-59(21-15-32)30-33-16-24-61(25-17-33)39-10-11-40-41(26-39)51(68)63(50(40)67)43-12-13-44(64)58-48(43)65/h1-11,26-28,31-33,38,43,45H,12-25,29-30H2,(H2,53,54)(H,56,66)(H,58,64,65)/t43?,45-/m1/s1. The molecular formula is C51H56FN11O5. The molecule has 4 N–H and O–H groups in total. The van der Waals surface area contributed by atoms with E-state index in [9.17, 15) is 28.4 Å². The summed E-state index contributed by atoms with van der Waals surface area (Å²) in [6, 6.07) is 19.6. The number of imide groups is 2. The smallest absolute Gasteiger partial charge is 0.262 e. The number of hydrogen-bond acceptors (Lipinski definition) is 12. The predicted octanol–water partition coefficient (Wildman–Crippen LogP) is 5.50. The van der Waals surface area contributed by atoms with Gasteiger partial charge in [-0.3, -0.25) is 38.9 Å². The Morgan fingerprint density at radius 1 is 0.779 bits per heavy atom. The molecule has 2 atom stereocenters. The number of aromatic nitrogens is 4. The minimum Gasteiger partial charge on any atom is -0.382 e. The molecule has 68 heavy (non-hydrogen) atoms. The molecular weight excluding hydrogens is 866 g/mol.